The molecule has 8 nitrogen and oxygen atoms in total. The highest BCUT2D eigenvalue weighted by Gasteiger charge is 2.32. The topological polar surface area (TPSA) is 105 Å². The molecule has 2 aromatic carbocycles. The van der Waals surface area contributed by atoms with Crippen molar-refractivity contribution in [2.45, 2.75) is 49.8 Å². The summed E-state index contributed by atoms with van der Waals surface area (Å²) in [6, 6.07) is 15.3. The van der Waals surface area contributed by atoms with Gasteiger partial charge >= 0.3 is 6.09 Å². The number of aliphatic hydroxyl groups is 1. The molecule has 1 aliphatic heterocycles. The highest BCUT2D eigenvalue weighted by molar-refractivity contribution is 14.1. The molecule has 1 saturated heterocycles. The first-order valence-electron chi connectivity index (χ1n) is 11.7. The molecule has 1 fully saturated rings. The predicted octanol–water partition coefficient (Wildman–Crippen LogP) is 3.43. The molecule has 0 spiro atoms. The van der Waals surface area contributed by atoms with Gasteiger partial charge in [0.05, 0.1) is 30.3 Å². The van der Waals surface area contributed by atoms with E-state index >= 15 is 0 Å². The smallest absolute Gasteiger partial charge is 0.407 e. The van der Waals surface area contributed by atoms with Gasteiger partial charge in [-0.3, -0.25) is 0 Å². The molecule has 0 saturated carbocycles. The third-order valence-corrected chi connectivity index (χ3v) is 8.20. The summed E-state index contributed by atoms with van der Waals surface area (Å²) in [5, 5.41) is 14.0. The van der Waals surface area contributed by atoms with Gasteiger partial charge in [-0.2, -0.15) is 4.31 Å². The summed E-state index contributed by atoms with van der Waals surface area (Å²) in [7, 11) is -3.85. The number of nitrogens with one attached hydrogen (secondary N) is 1. The first-order chi connectivity index (χ1) is 16.6. The van der Waals surface area contributed by atoms with E-state index in [-0.39, 0.29) is 30.0 Å². The second-order valence-corrected chi connectivity index (χ2v) is 12.3. The van der Waals surface area contributed by atoms with Crippen LogP contribution in [0.3, 0.4) is 0 Å². The third kappa shape index (κ3) is 8.42. The average Bonchev–Trinajstić information content (AvgIpc) is 3.31. The quantitative estimate of drug-likeness (QED) is 0.375. The molecule has 192 valence electrons. The van der Waals surface area contributed by atoms with E-state index in [0.29, 0.717) is 26.1 Å². The average molecular weight is 617 g/mol. The molecule has 1 heterocycles. The Morgan fingerprint density at radius 2 is 1.86 bits per heavy atom. The van der Waals surface area contributed by atoms with Crippen LogP contribution in [0.25, 0.3) is 0 Å². The minimum Gasteiger partial charge on any atom is -0.444 e. The zero-order chi connectivity index (χ0) is 25.4. The van der Waals surface area contributed by atoms with Gasteiger partial charge in [0.1, 0.15) is 6.10 Å². The molecule has 0 radical (unpaired) electrons. The fourth-order valence-corrected chi connectivity index (χ4v) is 5.84. The number of halogens is 1. The lowest BCUT2D eigenvalue weighted by Crippen LogP contribution is -2.51. The molecule has 0 unspecified atom stereocenters. The number of carbonyl (C=O) groups is 1. The van der Waals surface area contributed by atoms with E-state index in [2.05, 4.69) is 27.9 Å². The number of rotatable bonds is 11. The maximum absolute atomic E-state index is 13.4. The van der Waals surface area contributed by atoms with E-state index in [1.807, 2.05) is 44.2 Å². The second-order valence-electron chi connectivity index (χ2n) is 9.07. The van der Waals surface area contributed by atoms with Gasteiger partial charge in [-0.1, -0.05) is 44.2 Å². The van der Waals surface area contributed by atoms with Gasteiger partial charge in [0, 0.05) is 23.1 Å². The fourth-order valence-electron chi connectivity index (χ4n) is 3.86. The van der Waals surface area contributed by atoms with Crippen LogP contribution in [0.15, 0.2) is 59.5 Å². The van der Waals surface area contributed by atoms with Gasteiger partial charge in [-0.25, -0.2) is 13.2 Å². The predicted molar refractivity (Wildman–Crippen MR) is 142 cm³/mol. The van der Waals surface area contributed by atoms with Crippen molar-refractivity contribution in [1.82, 2.24) is 9.62 Å². The molecular formula is C25H33IN2O6S. The van der Waals surface area contributed by atoms with Crippen molar-refractivity contribution >= 4 is 38.7 Å². The molecule has 0 aromatic heterocycles. The molecule has 2 aromatic rings. The molecule has 3 rings (SSSR count). The Morgan fingerprint density at radius 1 is 1.17 bits per heavy atom. The number of amides is 1. The monoisotopic (exact) mass is 616 g/mol. The lowest BCUT2D eigenvalue weighted by Gasteiger charge is -2.30. The summed E-state index contributed by atoms with van der Waals surface area (Å²) in [4.78, 5) is 12.8. The van der Waals surface area contributed by atoms with Gasteiger partial charge in [0.25, 0.3) is 0 Å². The highest BCUT2D eigenvalue weighted by atomic mass is 127. The molecule has 0 aliphatic carbocycles. The molecule has 1 aliphatic rings. The van der Waals surface area contributed by atoms with Crippen LogP contribution in [0, 0.1) is 9.49 Å². The molecular weight excluding hydrogens is 583 g/mol. The molecule has 10 heteroatoms. The van der Waals surface area contributed by atoms with Gasteiger partial charge in [0.15, 0.2) is 0 Å². The van der Waals surface area contributed by atoms with E-state index in [4.69, 9.17) is 9.47 Å². The number of ether oxygens (including phenoxy) is 2. The van der Waals surface area contributed by atoms with Crippen molar-refractivity contribution in [2.24, 2.45) is 5.92 Å². The van der Waals surface area contributed by atoms with Crippen molar-refractivity contribution in [3.05, 3.63) is 63.7 Å². The number of benzene rings is 2. The van der Waals surface area contributed by atoms with Crippen molar-refractivity contribution in [1.29, 1.82) is 0 Å². The molecule has 3 atom stereocenters. The summed E-state index contributed by atoms with van der Waals surface area (Å²) in [6.07, 6.45) is -1.22. The lowest BCUT2D eigenvalue weighted by molar-refractivity contribution is 0.0644. The molecule has 35 heavy (non-hydrogen) atoms. The minimum atomic E-state index is -3.85. The van der Waals surface area contributed by atoms with Crippen molar-refractivity contribution in [3.8, 4) is 0 Å². The fraction of sp³-hybridized carbons (Fsp3) is 0.480. The summed E-state index contributed by atoms with van der Waals surface area (Å²) in [5.74, 6) is 0.0358. The Morgan fingerprint density at radius 3 is 2.46 bits per heavy atom. The number of sulfonamides is 1. The summed E-state index contributed by atoms with van der Waals surface area (Å²) >= 11 is 2.12. The summed E-state index contributed by atoms with van der Waals surface area (Å²) in [5.41, 5.74) is 0.900. The van der Waals surface area contributed by atoms with Crippen LogP contribution >= 0.6 is 22.6 Å². The van der Waals surface area contributed by atoms with E-state index in [1.54, 1.807) is 24.3 Å². The van der Waals surface area contributed by atoms with E-state index < -0.39 is 28.3 Å². The second kappa shape index (κ2) is 13.0. The Kier molecular flexibility index (Phi) is 10.3. The Bertz CT molecular complexity index is 1040. The normalized spacial score (nSPS) is 17.9. The van der Waals surface area contributed by atoms with Crippen molar-refractivity contribution in [2.75, 3.05) is 26.3 Å². The van der Waals surface area contributed by atoms with Gasteiger partial charge < -0.3 is 19.9 Å². The van der Waals surface area contributed by atoms with Gasteiger partial charge in [-0.05, 0) is 64.8 Å². The van der Waals surface area contributed by atoms with Crippen LogP contribution in [0.4, 0.5) is 4.79 Å². The molecule has 1 amide bonds. The van der Waals surface area contributed by atoms with Crippen LogP contribution in [0.2, 0.25) is 0 Å². The van der Waals surface area contributed by atoms with Crippen LogP contribution < -0.4 is 5.32 Å². The van der Waals surface area contributed by atoms with Crippen molar-refractivity contribution < 1.29 is 27.8 Å². The molecule has 0 bridgehead atoms. The number of aliphatic hydroxyl groups excluding tert-OH is 1. The number of nitrogens with zero attached hydrogens (tertiary/aromatic N) is 1. The van der Waals surface area contributed by atoms with Crippen LogP contribution in [0.5, 0.6) is 0 Å². The Labute approximate surface area is 221 Å². The number of carbonyl (C=O) groups excluding carboxylic acids is 1. The van der Waals surface area contributed by atoms with Crippen LogP contribution in [-0.2, 0) is 25.9 Å². The zero-order valence-electron chi connectivity index (χ0n) is 20.0. The first kappa shape index (κ1) is 27.9. The zero-order valence-corrected chi connectivity index (χ0v) is 22.9. The van der Waals surface area contributed by atoms with E-state index in [1.165, 1.54) is 4.31 Å². The molecule has 2 N–H and O–H groups in total. The maximum Gasteiger partial charge on any atom is 0.407 e. The summed E-state index contributed by atoms with van der Waals surface area (Å²) in [6.45, 7) is 4.78. The van der Waals surface area contributed by atoms with E-state index in [0.717, 1.165) is 9.13 Å². The third-order valence-electron chi connectivity index (χ3n) is 5.64. The maximum atomic E-state index is 13.4. The van der Waals surface area contributed by atoms with Crippen LogP contribution in [-0.4, -0.2) is 68.5 Å². The largest absolute Gasteiger partial charge is 0.444 e. The SMILES string of the molecule is CC(C)CN(C[C@@H](O)[C@H](Cc1ccccc1)NC(=O)O[C@H]1CCOC1)S(=O)(=O)c1ccc(I)cc1. The van der Waals surface area contributed by atoms with Gasteiger partial charge in [0.2, 0.25) is 10.0 Å². The van der Waals surface area contributed by atoms with E-state index in [9.17, 15) is 18.3 Å². The standard InChI is InChI=1S/C25H33IN2O6S/c1-18(2)15-28(35(31,32)22-10-8-20(26)9-11-22)16-24(29)23(14-19-6-4-3-5-7-19)27-25(30)34-21-12-13-33-17-21/h3-11,18,21,23-24,29H,12-17H2,1-2H3,(H,27,30)/t21-,23-,24+/m0/s1. The Hall–Kier alpha value is -1.73. The lowest BCUT2D eigenvalue weighted by atomic mass is 10.0. The Balaban J connectivity index is 1.80. The van der Waals surface area contributed by atoms with Crippen molar-refractivity contribution in [3.63, 3.8) is 0 Å². The highest BCUT2D eigenvalue weighted by Crippen LogP contribution is 2.20. The number of hydrogen-bond donors (Lipinski definition) is 2. The number of alkyl carbamates (subject to hydrolysis) is 1. The van der Waals surface area contributed by atoms with Gasteiger partial charge in [-0.15, -0.1) is 0 Å². The first-order valence-corrected chi connectivity index (χ1v) is 14.2. The summed E-state index contributed by atoms with van der Waals surface area (Å²) < 4.78 is 39.8. The number of hydrogen-bond acceptors (Lipinski definition) is 6. The minimum absolute atomic E-state index is 0.0358. The van der Waals surface area contributed by atoms with Crippen LogP contribution in [0.1, 0.15) is 25.8 Å².